The molecule has 2 aromatic rings. The van der Waals surface area contributed by atoms with Crippen molar-refractivity contribution in [3.8, 4) is 17.1 Å². The standard InChI is InChI=1S/C25H33N3O5S/c1-15-22(33-19-10-6-7-17(13-19)24(29)30)12-11-21(26-15)23-20(16(2)34-27-23)14-32-25(31)28(3)18-8-4-5-9-18/h11-12,17-19H,4-10,13-14H2,1-3H3,(H,29,30)/t17-,19-/m0/s1. The molecule has 1 N–H and O–H groups in total. The van der Waals surface area contributed by atoms with E-state index in [4.69, 9.17) is 14.5 Å². The highest BCUT2D eigenvalue weighted by Gasteiger charge is 2.29. The molecule has 2 aliphatic rings. The zero-order valence-corrected chi connectivity index (χ0v) is 20.9. The number of hydrogen-bond acceptors (Lipinski definition) is 7. The van der Waals surface area contributed by atoms with Crippen molar-refractivity contribution in [1.82, 2.24) is 14.3 Å². The van der Waals surface area contributed by atoms with Crippen molar-refractivity contribution in [3.05, 3.63) is 28.3 Å². The number of nitrogens with zero attached hydrogens (tertiary/aromatic N) is 3. The molecular formula is C25H33N3O5S. The predicted molar refractivity (Wildman–Crippen MR) is 129 cm³/mol. The Morgan fingerprint density at radius 3 is 2.62 bits per heavy atom. The van der Waals surface area contributed by atoms with Crippen molar-refractivity contribution in [2.75, 3.05) is 7.05 Å². The highest BCUT2D eigenvalue weighted by molar-refractivity contribution is 7.06. The Hall–Kier alpha value is -2.68. The maximum atomic E-state index is 12.6. The first-order valence-corrected chi connectivity index (χ1v) is 12.8. The number of carboxylic acids is 1. The van der Waals surface area contributed by atoms with Crippen LogP contribution in [-0.2, 0) is 16.1 Å². The smallest absolute Gasteiger partial charge is 0.410 e. The van der Waals surface area contributed by atoms with Crippen molar-refractivity contribution >= 4 is 23.6 Å². The van der Waals surface area contributed by atoms with Crippen LogP contribution in [0.3, 0.4) is 0 Å². The van der Waals surface area contributed by atoms with Gasteiger partial charge in [-0.05, 0) is 76.0 Å². The van der Waals surface area contributed by atoms with E-state index in [-0.39, 0.29) is 30.8 Å². The van der Waals surface area contributed by atoms with Gasteiger partial charge >= 0.3 is 12.1 Å². The zero-order valence-electron chi connectivity index (χ0n) is 20.1. The van der Waals surface area contributed by atoms with Crippen molar-refractivity contribution in [2.45, 2.75) is 84.0 Å². The van der Waals surface area contributed by atoms with E-state index in [0.717, 1.165) is 60.4 Å². The van der Waals surface area contributed by atoms with Gasteiger partial charge in [0.2, 0.25) is 0 Å². The molecule has 2 heterocycles. The summed E-state index contributed by atoms with van der Waals surface area (Å²) in [5.74, 6) is -0.430. The van der Waals surface area contributed by atoms with Gasteiger partial charge in [-0.2, -0.15) is 4.37 Å². The molecule has 2 aromatic heterocycles. The SMILES string of the molecule is Cc1nc(-c2nsc(C)c2COC(=O)N(C)C2CCCC2)ccc1O[C@H]1CCC[C@H](C(=O)O)C1. The Balaban J connectivity index is 1.43. The summed E-state index contributed by atoms with van der Waals surface area (Å²) >= 11 is 1.37. The normalized spacial score (nSPS) is 20.8. The first kappa shape index (κ1) is 24.4. The number of aromatic nitrogens is 2. The van der Waals surface area contributed by atoms with Crippen molar-refractivity contribution in [3.63, 3.8) is 0 Å². The first-order valence-electron chi connectivity index (χ1n) is 12.1. The van der Waals surface area contributed by atoms with Gasteiger partial charge in [-0.3, -0.25) is 4.79 Å². The number of aliphatic carboxylic acids is 1. The van der Waals surface area contributed by atoms with Gasteiger partial charge in [0.25, 0.3) is 0 Å². The predicted octanol–water partition coefficient (Wildman–Crippen LogP) is 5.36. The topological polar surface area (TPSA) is 102 Å². The van der Waals surface area contributed by atoms with Crippen molar-refractivity contribution in [2.24, 2.45) is 5.92 Å². The highest BCUT2D eigenvalue weighted by atomic mass is 32.1. The minimum atomic E-state index is -0.750. The summed E-state index contributed by atoms with van der Waals surface area (Å²) in [6.45, 7) is 4.01. The molecule has 2 fully saturated rings. The van der Waals surface area contributed by atoms with E-state index in [0.29, 0.717) is 24.3 Å². The average Bonchev–Trinajstić information content (AvgIpc) is 3.48. The number of carbonyl (C=O) groups is 2. The van der Waals surface area contributed by atoms with Crippen LogP contribution in [0.15, 0.2) is 12.1 Å². The molecule has 2 aliphatic carbocycles. The molecule has 34 heavy (non-hydrogen) atoms. The third-order valence-corrected chi connectivity index (χ3v) is 7.83. The second-order valence-electron chi connectivity index (χ2n) is 9.39. The zero-order chi connectivity index (χ0) is 24.2. The number of ether oxygens (including phenoxy) is 2. The van der Waals surface area contributed by atoms with Crippen LogP contribution >= 0.6 is 11.5 Å². The van der Waals surface area contributed by atoms with Crippen LogP contribution in [0.1, 0.15) is 67.5 Å². The van der Waals surface area contributed by atoms with E-state index < -0.39 is 5.97 Å². The fourth-order valence-electron chi connectivity index (χ4n) is 4.90. The lowest BCUT2D eigenvalue weighted by atomic mass is 9.87. The first-order chi connectivity index (χ1) is 16.3. The quantitative estimate of drug-likeness (QED) is 0.561. The maximum Gasteiger partial charge on any atom is 0.410 e. The third kappa shape index (κ3) is 5.51. The van der Waals surface area contributed by atoms with Gasteiger partial charge in [0, 0.05) is 23.5 Å². The molecule has 0 bridgehead atoms. The monoisotopic (exact) mass is 487 g/mol. The van der Waals surface area contributed by atoms with Crippen LogP contribution in [-0.4, -0.2) is 50.6 Å². The lowest BCUT2D eigenvalue weighted by molar-refractivity contribution is -0.143. The summed E-state index contributed by atoms with van der Waals surface area (Å²) in [6, 6.07) is 4.01. The fraction of sp³-hybridized carbons (Fsp3) is 0.600. The van der Waals surface area contributed by atoms with E-state index >= 15 is 0 Å². The van der Waals surface area contributed by atoms with Crippen LogP contribution in [0.25, 0.3) is 11.4 Å². The molecular weight excluding hydrogens is 454 g/mol. The van der Waals surface area contributed by atoms with Crippen LogP contribution in [0.5, 0.6) is 5.75 Å². The van der Waals surface area contributed by atoms with Gasteiger partial charge in [0.1, 0.15) is 18.1 Å². The molecule has 0 radical (unpaired) electrons. The fourth-order valence-corrected chi connectivity index (χ4v) is 5.60. The van der Waals surface area contributed by atoms with Crippen molar-refractivity contribution < 1.29 is 24.2 Å². The van der Waals surface area contributed by atoms with E-state index in [1.165, 1.54) is 11.5 Å². The highest BCUT2D eigenvalue weighted by Crippen LogP contribution is 2.32. The van der Waals surface area contributed by atoms with Crippen LogP contribution in [0, 0.1) is 19.8 Å². The van der Waals surface area contributed by atoms with Gasteiger partial charge in [-0.1, -0.05) is 12.8 Å². The van der Waals surface area contributed by atoms with E-state index in [1.807, 2.05) is 33.0 Å². The number of aryl methyl sites for hydroxylation is 2. The minimum absolute atomic E-state index is 0.116. The summed E-state index contributed by atoms with van der Waals surface area (Å²) in [4.78, 5) is 31.3. The molecule has 0 saturated heterocycles. The van der Waals surface area contributed by atoms with Gasteiger partial charge < -0.3 is 19.5 Å². The molecule has 0 spiro atoms. The van der Waals surface area contributed by atoms with Gasteiger partial charge in [-0.25, -0.2) is 9.78 Å². The summed E-state index contributed by atoms with van der Waals surface area (Å²) in [5, 5.41) is 9.32. The lowest BCUT2D eigenvalue weighted by Crippen LogP contribution is -2.35. The Morgan fingerprint density at radius 2 is 1.91 bits per heavy atom. The average molecular weight is 488 g/mol. The van der Waals surface area contributed by atoms with Gasteiger partial charge in [0.05, 0.1) is 23.4 Å². The Labute approximate surface area is 204 Å². The second kappa shape index (κ2) is 10.7. The van der Waals surface area contributed by atoms with E-state index in [1.54, 1.807) is 4.90 Å². The molecule has 9 heteroatoms. The summed E-state index contributed by atoms with van der Waals surface area (Å²) < 4.78 is 16.3. The molecule has 0 unspecified atom stereocenters. The third-order valence-electron chi connectivity index (χ3n) is 7.03. The molecule has 0 aromatic carbocycles. The van der Waals surface area contributed by atoms with Gasteiger partial charge in [-0.15, -0.1) is 0 Å². The Kier molecular flexibility index (Phi) is 7.70. The number of carboxylic acid groups (broad SMARTS) is 1. The minimum Gasteiger partial charge on any atom is -0.489 e. The molecule has 8 nitrogen and oxygen atoms in total. The molecule has 4 rings (SSSR count). The van der Waals surface area contributed by atoms with Gasteiger partial charge in [0.15, 0.2) is 0 Å². The Bertz CT molecular complexity index is 1030. The number of rotatable bonds is 7. The van der Waals surface area contributed by atoms with Crippen LogP contribution < -0.4 is 4.74 Å². The van der Waals surface area contributed by atoms with Crippen LogP contribution in [0.2, 0.25) is 0 Å². The summed E-state index contributed by atoms with van der Waals surface area (Å²) in [7, 11) is 1.81. The number of carbonyl (C=O) groups excluding carboxylic acids is 1. The molecule has 0 aliphatic heterocycles. The largest absolute Gasteiger partial charge is 0.489 e. The van der Waals surface area contributed by atoms with Crippen LogP contribution in [0.4, 0.5) is 4.79 Å². The molecule has 2 atom stereocenters. The summed E-state index contributed by atoms with van der Waals surface area (Å²) in [5.41, 5.74) is 3.02. The van der Waals surface area contributed by atoms with Crippen molar-refractivity contribution in [1.29, 1.82) is 0 Å². The lowest BCUT2D eigenvalue weighted by Gasteiger charge is -2.27. The number of hydrogen-bond donors (Lipinski definition) is 1. The second-order valence-corrected chi connectivity index (χ2v) is 10.4. The molecule has 2 saturated carbocycles. The summed E-state index contributed by atoms with van der Waals surface area (Å²) in [6.07, 6.45) is 6.89. The van der Waals surface area contributed by atoms with E-state index in [2.05, 4.69) is 4.37 Å². The molecule has 1 amide bonds. The number of pyridine rings is 1. The molecule has 184 valence electrons. The van der Waals surface area contributed by atoms with E-state index in [9.17, 15) is 14.7 Å². The number of amides is 1. The maximum absolute atomic E-state index is 12.6. The Morgan fingerprint density at radius 1 is 1.15 bits per heavy atom.